The smallest absolute Gasteiger partial charge is 0.160 e. The number of benzene rings is 1. The number of methoxy groups -OCH3 is 2. The van der Waals surface area contributed by atoms with Gasteiger partial charge in [0.05, 0.1) is 14.2 Å². The molecular formula is C16H22N4O2. The van der Waals surface area contributed by atoms with Gasteiger partial charge in [0.15, 0.2) is 11.5 Å². The molecule has 0 aliphatic rings. The fraction of sp³-hybridized carbons (Fsp3) is 0.375. The highest BCUT2D eigenvalue weighted by Crippen LogP contribution is 2.27. The zero-order valence-electron chi connectivity index (χ0n) is 13.5. The van der Waals surface area contributed by atoms with E-state index in [-0.39, 0.29) is 0 Å². The molecule has 1 aromatic heterocycles. The van der Waals surface area contributed by atoms with Crippen LogP contribution >= 0.6 is 0 Å². The third kappa shape index (κ3) is 4.00. The SMILES string of the molecule is COc1ccc(CCNc2cc(N(C)C)ncn2)cc1OC. The van der Waals surface area contributed by atoms with Gasteiger partial charge < -0.3 is 19.7 Å². The normalized spacial score (nSPS) is 10.2. The van der Waals surface area contributed by atoms with Crippen molar-refractivity contribution in [2.45, 2.75) is 6.42 Å². The second-order valence-corrected chi connectivity index (χ2v) is 5.02. The number of rotatable bonds is 7. The Morgan fingerprint density at radius 2 is 1.82 bits per heavy atom. The summed E-state index contributed by atoms with van der Waals surface area (Å²) in [5.41, 5.74) is 1.17. The molecule has 2 rings (SSSR count). The van der Waals surface area contributed by atoms with Gasteiger partial charge in [0, 0.05) is 26.7 Å². The van der Waals surface area contributed by atoms with Gasteiger partial charge >= 0.3 is 0 Å². The number of hydrogen-bond donors (Lipinski definition) is 1. The van der Waals surface area contributed by atoms with Gasteiger partial charge in [-0.2, -0.15) is 0 Å². The minimum absolute atomic E-state index is 0.741. The largest absolute Gasteiger partial charge is 0.493 e. The average molecular weight is 302 g/mol. The van der Waals surface area contributed by atoms with Crippen LogP contribution in [0.15, 0.2) is 30.6 Å². The minimum Gasteiger partial charge on any atom is -0.493 e. The van der Waals surface area contributed by atoms with Gasteiger partial charge in [-0.05, 0) is 24.1 Å². The quantitative estimate of drug-likeness (QED) is 0.846. The first-order valence-corrected chi connectivity index (χ1v) is 7.08. The van der Waals surface area contributed by atoms with Gasteiger partial charge in [0.25, 0.3) is 0 Å². The number of ether oxygens (including phenoxy) is 2. The van der Waals surface area contributed by atoms with Crippen LogP contribution < -0.4 is 19.7 Å². The molecule has 6 heteroatoms. The van der Waals surface area contributed by atoms with Crippen molar-refractivity contribution in [3.8, 4) is 11.5 Å². The number of aromatic nitrogens is 2. The second-order valence-electron chi connectivity index (χ2n) is 5.02. The summed E-state index contributed by atoms with van der Waals surface area (Å²) in [5.74, 6) is 3.19. The predicted molar refractivity (Wildman–Crippen MR) is 88.1 cm³/mol. The van der Waals surface area contributed by atoms with Crippen molar-refractivity contribution in [3.05, 3.63) is 36.2 Å². The van der Waals surface area contributed by atoms with E-state index in [2.05, 4.69) is 15.3 Å². The zero-order valence-corrected chi connectivity index (χ0v) is 13.5. The molecule has 0 amide bonds. The lowest BCUT2D eigenvalue weighted by Gasteiger charge is -2.13. The van der Waals surface area contributed by atoms with Crippen molar-refractivity contribution in [2.24, 2.45) is 0 Å². The van der Waals surface area contributed by atoms with Gasteiger partial charge in [-0.15, -0.1) is 0 Å². The van der Waals surface area contributed by atoms with Crippen molar-refractivity contribution < 1.29 is 9.47 Å². The van der Waals surface area contributed by atoms with Crippen molar-refractivity contribution in [3.63, 3.8) is 0 Å². The van der Waals surface area contributed by atoms with Crippen LogP contribution in [0.1, 0.15) is 5.56 Å². The van der Waals surface area contributed by atoms with E-state index in [4.69, 9.17) is 9.47 Å². The van der Waals surface area contributed by atoms with Gasteiger partial charge in [-0.3, -0.25) is 0 Å². The third-order valence-electron chi connectivity index (χ3n) is 3.28. The van der Waals surface area contributed by atoms with Crippen molar-refractivity contribution in [1.29, 1.82) is 0 Å². The van der Waals surface area contributed by atoms with E-state index in [1.54, 1.807) is 20.5 Å². The Hall–Kier alpha value is -2.50. The Morgan fingerprint density at radius 3 is 2.50 bits per heavy atom. The van der Waals surface area contributed by atoms with Gasteiger partial charge in [-0.25, -0.2) is 9.97 Å². The summed E-state index contributed by atoms with van der Waals surface area (Å²) in [7, 11) is 7.19. The molecule has 0 unspecified atom stereocenters. The maximum absolute atomic E-state index is 5.31. The molecule has 1 N–H and O–H groups in total. The monoisotopic (exact) mass is 302 g/mol. The Bertz CT molecular complexity index is 617. The van der Waals surface area contributed by atoms with Crippen LogP contribution in [0.3, 0.4) is 0 Å². The van der Waals surface area contributed by atoms with E-state index >= 15 is 0 Å². The first-order valence-electron chi connectivity index (χ1n) is 7.08. The van der Waals surface area contributed by atoms with Crippen LogP contribution in [0, 0.1) is 0 Å². The molecule has 0 bridgehead atoms. The minimum atomic E-state index is 0.741. The first kappa shape index (κ1) is 15.9. The number of hydrogen-bond acceptors (Lipinski definition) is 6. The van der Waals surface area contributed by atoms with Crippen molar-refractivity contribution in [2.75, 3.05) is 45.1 Å². The molecule has 1 heterocycles. The molecule has 1 aromatic carbocycles. The topological polar surface area (TPSA) is 59.5 Å². The van der Waals surface area contributed by atoms with Gasteiger partial charge in [-0.1, -0.05) is 6.07 Å². The van der Waals surface area contributed by atoms with Gasteiger partial charge in [0.2, 0.25) is 0 Å². The molecule has 0 radical (unpaired) electrons. The maximum atomic E-state index is 5.31. The lowest BCUT2D eigenvalue weighted by atomic mass is 10.1. The molecule has 0 atom stereocenters. The molecule has 6 nitrogen and oxygen atoms in total. The van der Waals surface area contributed by atoms with E-state index in [0.29, 0.717) is 0 Å². The molecule has 2 aromatic rings. The number of nitrogens with zero attached hydrogens (tertiary/aromatic N) is 3. The number of nitrogens with one attached hydrogen (secondary N) is 1. The van der Waals surface area contributed by atoms with E-state index in [0.717, 1.165) is 36.1 Å². The Labute approximate surface area is 131 Å². The standard InChI is InChI=1S/C16H22N4O2/c1-20(2)16-10-15(18-11-19-16)17-8-7-12-5-6-13(21-3)14(9-12)22-4/h5-6,9-11H,7-8H2,1-4H3,(H,17,18,19). The van der Waals surface area contributed by atoms with E-state index in [1.807, 2.05) is 43.3 Å². The van der Waals surface area contributed by atoms with Crippen molar-refractivity contribution in [1.82, 2.24) is 9.97 Å². The Morgan fingerprint density at radius 1 is 1.05 bits per heavy atom. The molecule has 0 fully saturated rings. The van der Waals surface area contributed by atoms with Crippen LogP contribution in [0.2, 0.25) is 0 Å². The van der Waals surface area contributed by atoms with Crippen LogP contribution in [0.4, 0.5) is 11.6 Å². The van der Waals surface area contributed by atoms with E-state index in [9.17, 15) is 0 Å². The number of anilines is 2. The fourth-order valence-electron chi connectivity index (χ4n) is 2.06. The molecule has 118 valence electrons. The van der Waals surface area contributed by atoms with Gasteiger partial charge in [0.1, 0.15) is 18.0 Å². The van der Waals surface area contributed by atoms with Crippen LogP contribution in [-0.4, -0.2) is 44.8 Å². The predicted octanol–water partition coefficient (Wildman–Crippen LogP) is 2.21. The fourth-order valence-corrected chi connectivity index (χ4v) is 2.06. The summed E-state index contributed by atoms with van der Waals surface area (Å²) in [6, 6.07) is 7.87. The highest BCUT2D eigenvalue weighted by molar-refractivity contribution is 5.47. The van der Waals surface area contributed by atoms with Crippen LogP contribution in [0.5, 0.6) is 11.5 Å². The highest BCUT2D eigenvalue weighted by Gasteiger charge is 2.05. The molecule has 0 saturated heterocycles. The highest BCUT2D eigenvalue weighted by atomic mass is 16.5. The molecule has 0 spiro atoms. The second kappa shape index (κ2) is 7.49. The summed E-state index contributed by atoms with van der Waals surface area (Å²) in [6.45, 7) is 0.777. The van der Waals surface area contributed by atoms with E-state index < -0.39 is 0 Å². The molecule has 0 aliphatic carbocycles. The summed E-state index contributed by atoms with van der Waals surface area (Å²) >= 11 is 0. The molecule has 0 aliphatic heterocycles. The molecular weight excluding hydrogens is 280 g/mol. The summed E-state index contributed by atoms with van der Waals surface area (Å²) in [6.07, 6.45) is 2.43. The summed E-state index contributed by atoms with van der Waals surface area (Å²) in [5, 5.41) is 3.30. The van der Waals surface area contributed by atoms with E-state index in [1.165, 1.54) is 5.56 Å². The van der Waals surface area contributed by atoms with Crippen LogP contribution in [0.25, 0.3) is 0 Å². The third-order valence-corrected chi connectivity index (χ3v) is 3.28. The molecule has 0 saturated carbocycles. The Balaban J connectivity index is 1.95. The first-order chi connectivity index (χ1) is 10.6. The zero-order chi connectivity index (χ0) is 15.9. The lowest BCUT2D eigenvalue weighted by molar-refractivity contribution is 0.354. The van der Waals surface area contributed by atoms with Crippen LogP contribution in [-0.2, 0) is 6.42 Å². The lowest BCUT2D eigenvalue weighted by Crippen LogP contribution is -2.12. The maximum Gasteiger partial charge on any atom is 0.160 e. The Kier molecular flexibility index (Phi) is 5.41. The average Bonchev–Trinajstić information content (AvgIpc) is 2.55. The summed E-state index contributed by atoms with van der Waals surface area (Å²) in [4.78, 5) is 10.4. The van der Waals surface area contributed by atoms with Crippen molar-refractivity contribution >= 4 is 11.6 Å². The molecule has 22 heavy (non-hydrogen) atoms. The summed E-state index contributed by atoms with van der Waals surface area (Å²) < 4.78 is 10.6.